The lowest BCUT2D eigenvalue weighted by Crippen LogP contribution is -2.20. The van der Waals surface area contributed by atoms with E-state index < -0.39 is 0 Å². The Morgan fingerprint density at radius 1 is 1.35 bits per heavy atom. The number of aromatic nitrogens is 5. The summed E-state index contributed by atoms with van der Waals surface area (Å²) in [6.07, 6.45) is 0. The first-order valence-electron chi connectivity index (χ1n) is 6.79. The summed E-state index contributed by atoms with van der Waals surface area (Å²) in [4.78, 5) is 13.0. The summed E-state index contributed by atoms with van der Waals surface area (Å²) < 4.78 is 18.2. The van der Waals surface area contributed by atoms with Crippen molar-refractivity contribution in [1.29, 1.82) is 0 Å². The van der Waals surface area contributed by atoms with Crippen molar-refractivity contribution in [2.24, 2.45) is 0 Å². The van der Waals surface area contributed by atoms with E-state index in [9.17, 15) is 9.18 Å². The molecule has 1 amide bonds. The fraction of sp³-hybridized carbons (Fsp3) is 0.214. The van der Waals surface area contributed by atoms with Crippen LogP contribution in [0, 0.1) is 19.7 Å². The average Bonchev–Trinajstić information content (AvgIpc) is 3.11. The zero-order valence-corrected chi connectivity index (χ0v) is 12.4. The zero-order valence-electron chi connectivity index (χ0n) is 12.4. The molecule has 0 fully saturated rings. The lowest BCUT2D eigenvalue weighted by molar-refractivity contribution is -0.117. The molecule has 0 spiro atoms. The number of nitrogens with zero attached hydrogens (tertiary/aromatic N) is 5. The summed E-state index contributed by atoms with van der Waals surface area (Å²) in [5, 5.41) is 18.0. The van der Waals surface area contributed by atoms with Crippen molar-refractivity contribution in [2.75, 3.05) is 5.32 Å². The van der Waals surface area contributed by atoms with Crippen LogP contribution in [-0.2, 0) is 11.3 Å². The van der Waals surface area contributed by atoms with Crippen molar-refractivity contribution >= 4 is 11.8 Å². The number of carbonyl (C=O) groups is 1. The Balaban J connectivity index is 1.69. The van der Waals surface area contributed by atoms with Gasteiger partial charge in [0, 0.05) is 11.6 Å². The largest absolute Gasteiger partial charge is 0.338 e. The summed E-state index contributed by atoms with van der Waals surface area (Å²) in [5.74, 6) is -0.110. The van der Waals surface area contributed by atoms with E-state index in [1.165, 1.54) is 6.07 Å². The molecule has 0 bridgehead atoms. The van der Waals surface area contributed by atoms with Crippen LogP contribution in [0.5, 0.6) is 0 Å². The molecule has 3 rings (SSSR count). The van der Waals surface area contributed by atoms with E-state index in [0.717, 1.165) is 4.80 Å². The fourth-order valence-electron chi connectivity index (χ4n) is 1.94. The van der Waals surface area contributed by atoms with Gasteiger partial charge < -0.3 is 4.52 Å². The zero-order chi connectivity index (χ0) is 16.4. The normalized spacial score (nSPS) is 10.7. The quantitative estimate of drug-likeness (QED) is 0.787. The van der Waals surface area contributed by atoms with Gasteiger partial charge in [0.05, 0.1) is 5.69 Å². The first-order chi connectivity index (χ1) is 11.0. The topological polar surface area (TPSA) is 98.7 Å². The molecule has 1 N–H and O–H groups in total. The van der Waals surface area contributed by atoms with E-state index in [-0.39, 0.29) is 24.2 Å². The Morgan fingerprint density at radius 3 is 2.87 bits per heavy atom. The van der Waals surface area contributed by atoms with E-state index in [0.29, 0.717) is 22.6 Å². The lowest BCUT2D eigenvalue weighted by Gasteiger charge is -2.00. The molecule has 0 aliphatic rings. The number of nitrogens with one attached hydrogen (secondary N) is 1. The van der Waals surface area contributed by atoms with Crippen molar-refractivity contribution in [2.45, 2.75) is 20.4 Å². The Bertz CT molecular complexity index is 857. The molecule has 0 radical (unpaired) electrons. The van der Waals surface area contributed by atoms with Crippen LogP contribution in [0.2, 0.25) is 0 Å². The summed E-state index contributed by atoms with van der Waals surface area (Å²) in [6.45, 7) is 3.26. The van der Waals surface area contributed by atoms with Gasteiger partial charge in [-0.3, -0.25) is 10.1 Å². The van der Waals surface area contributed by atoms with Crippen LogP contribution < -0.4 is 5.32 Å². The number of hydrogen-bond acceptors (Lipinski definition) is 6. The number of halogens is 1. The highest BCUT2D eigenvalue weighted by atomic mass is 19.1. The van der Waals surface area contributed by atoms with Crippen molar-refractivity contribution in [1.82, 2.24) is 25.4 Å². The molecule has 8 nitrogen and oxygen atoms in total. The molecule has 1 aromatic carbocycles. The van der Waals surface area contributed by atoms with Gasteiger partial charge in [-0.25, -0.2) is 4.39 Å². The third-order valence-electron chi connectivity index (χ3n) is 3.04. The first kappa shape index (κ1) is 14.8. The summed E-state index contributed by atoms with van der Waals surface area (Å²) in [6, 6.07) is 6.11. The van der Waals surface area contributed by atoms with Crippen LogP contribution in [0.1, 0.15) is 11.3 Å². The second kappa shape index (κ2) is 5.95. The first-order valence-corrected chi connectivity index (χ1v) is 6.79. The second-order valence-corrected chi connectivity index (χ2v) is 4.99. The van der Waals surface area contributed by atoms with Gasteiger partial charge in [-0.15, -0.1) is 10.2 Å². The minimum atomic E-state index is -0.375. The van der Waals surface area contributed by atoms with E-state index >= 15 is 0 Å². The molecule has 0 aliphatic carbocycles. The Morgan fingerprint density at radius 2 is 2.17 bits per heavy atom. The molecular formula is C14H13FN6O2. The molecule has 0 aliphatic heterocycles. The number of rotatable bonds is 4. The molecule has 0 saturated heterocycles. The van der Waals surface area contributed by atoms with Gasteiger partial charge in [-0.05, 0) is 42.8 Å². The van der Waals surface area contributed by atoms with Crippen LogP contribution >= 0.6 is 0 Å². The summed E-state index contributed by atoms with van der Waals surface area (Å²) in [5.41, 5.74) is 1.77. The third kappa shape index (κ3) is 3.39. The molecule has 9 heteroatoms. The molecule has 3 aromatic rings. The minimum Gasteiger partial charge on any atom is -0.338 e. The van der Waals surface area contributed by atoms with Crippen molar-refractivity contribution < 1.29 is 13.7 Å². The van der Waals surface area contributed by atoms with Gasteiger partial charge in [0.2, 0.25) is 17.6 Å². The van der Waals surface area contributed by atoms with Gasteiger partial charge in [-0.2, -0.15) is 4.80 Å². The highest BCUT2D eigenvalue weighted by Gasteiger charge is 2.12. The lowest BCUT2D eigenvalue weighted by atomic mass is 10.1. The molecule has 2 aromatic heterocycles. The van der Waals surface area contributed by atoms with Gasteiger partial charge in [-0.1, -0.05) is 5.16 Å². The second-order valence-electron chi connectivity index (χ2n) is 4.99. The number of hydrogen-bond donors (Lipinski definition) is 1. The van der Waals surface area contributed by atoms with Gasteiger partial charge in [0.15, 0.2) is 0 Å². The SMILES string of the molecule is Cc1cc(NC(=O)Cn2nnc(-c3ccc(F)c(C)c3)n2)on1. The number of carbonyl (C=O) groups excluding carboxylic acids is 1. The predicted molar refractivity (Wildman–Crippen MR) is 77.8 cm³/mol. The predicted octanol–water partition coefficient (Wildman–Crippen LogP) is 1.72. The van der Waals surface area contributed by atoms with E-state index in [2.05, 4.69) is 25.9 Å². The molecule has 0 unspecified atom stereocenters. The van der Waals surface area contributed by atoms with Crippen molar-refractivity contribution in [3.8, 4) is 11.4 Å². The van der Waals surface area contributed by atoms with Crippen LogP contribution in [0.25, 0.3) is 11.4 Å². The number of aryl methyl sites for hydroxylation is 2. The standard InChI is InChI=1S/C14H13FN6O2/c1-8-5-10(3-4-11(8)15)14-17-20-21(18-14)7-12(22)16-13-6-9(2)19-23-13/h3-6H,7H2,1-2H3,(H,16,22). The molecule has 0 atom stereocenters. The van der Waals surface area contributed by atoms with Gasteiger partial charge >= 0.3 is 0 Å². The van der Waals surface area contributed by atoms with Crippen LogP contribution in [0.3, 0.4) is 0 Å². The maximum Gasteiger partial charge on any atom is 0.250 e. The Labute approximate surface area is 130 Å². The summed E-state index contributed by atoms with van der Waals surface area (Å²) in [7, 11) is 0. The number of benzene rings is 1. The maximum absolute atomic E-state index is 13.3. The van der Waals surface area contributed by atoms with Crippen LogP contribution in [-0.4, -0.2) is 31.3 Å². The van der Waals surface area contributed by atoms with Crippen molar-refractivity contribution in [3.63, 3.8) is 0 Å². The third-order valence-corrected chi connectivity index (χ3v) is 3.04. The van der Waals surface area contributed by atoms with E-state index in [1.54, 1.807) is 32.0 Å². The van der Waals surface area contributed by atoms with Gasteiger partial charge in [0.25, 0.3) is 0 Å². The van der Waals surface area contributed by atoms with E-state index in [4.69, 9.17) is 4.52 Å². The smallest absolute Gasteiger partial charge is 0.250 e. The van der Waals surface area contributed by atoms with Crippen LogP contribution in [0.15, 0.2) is 28.8 Å². The van der Waals surface area contributed by atoms with Crippen LogP contribution in [0.4, 0.5) is 10.3 Å². The molecule has 0 saturated carbocycles. The number of tetrazole rings is 1. The van der Waals surface area contributed by atoms with E-state index in [1.807, 2.05) is 0 Å². The molecular weight excluding hydrogens is 303 g/mol. The molecule has 2 heterocycles. The van der Waals surface area contributed by atoms with Crippen molar-refractivity contribution in [3.05, 3.63) is 41.3 Å². The monoisotopic (exact) mass is 316 g/mol. The fourth-order valence-corrected chi connectivity index (χ4v) is 1.94. The number of amides is 1. The Kier molecular flexibility index (Phi) is 3.83. The Hall–Kier alpha value is -3.10. The summed E-state index contributed by atoms with van der Waals surface area (Å²) >= 11 is 0. The minimum absolute atomic E-state index is 0.132. The molecule has 23 heavy (non-hydrogen) atoms. The van der Waals surface area contributed by atoms with Gasteiger partial charge in [0.1, 0.15) is 12.4 Å². The maximum atomic E-state index is 13.3. The average molecular weight is 316 g/mol. The highest BCUT2D eigenvalue weighted by Crippen LogP contribution is 2.17. The molecule has 118 valence electrons. The number of anilines is 1. The highest BCUT2D eigenvalue weighted by molar-refractivity contribution is 5.89.